The Hall–Kier alpha value is -2.31. The summed E-state index contributed by atoms with van der Waals surface area (Å²) in [4.78, 5) is 30.0. The van der Waals surface area contributed by atoms with E-state index in [0.29, 0.717) is 19.4 Å². The zero-order valence-corrected chi connectivity index (χ0v) is 15.3. The van der Waals surface area contributed by atoms with E-state index in [-0.39, 0.29) is 18.0 Å². The standard InChI is InChI=1S/C19H28N4O3/c1-13-10-14(11-17(21-13)23-8-2-3-9-23)12-20-19(26)22-16-6-4-15(5-7-16)18(24)25/h10-11,15-16H,2-9,12H2,1H3,(H,24,25)(H2,20,22,26). The largest absolute Gasteiger partial charge is 0.481 e. The van der Waals surface area contributed by atoms with Crippen molar-refractivity contribution in [2.24, 2.45) is 5.92 Å². The van der Waals surface area contributed by atoms with Crippen molar-refractivity contribution in [2.75, 3.05) is 18.0 Å². The quantitative estimate of drug-likeness (QED) is 0.750. The van der Waals surface area contributed by atoms with Crippen LogP contribution >= 0.6 is 0 Å². The number of nitrogens with one attached hydrogen (secondary N) is 2. The van der Waals surface area contributed by atoms with Gasteiger partial charge in [0.05, 0.1) is 5.92 Å². The number of anilines is 1. The smallest absolute Gasteiger partial charge is 0.315 e. The first-order valence-corrected chi connectivity index (χ1v) is 9.51. The molecule has 0 unspecified atom stereocenters. The van der Waals surface area contributed by atoms with Crippen LogP contribution < -0.4 is 15.5 Å². The molecule has 1 saturated carbocycles. The van der Waals surface area contributed by atoms with Gasteiger partial charge in [-0.05, 0) is 63.1 Å². The average Bonchev–Trinajstić information content (AvgIpc) is 3.15. The Kier molecular flexibility index (Phi) is 5.96. The van der Waals surface area contributed by atoms with Crippen molar-refractivity contribution in [3.05, 3.63) is 23.4 Å². The lowest BCUT2D eigenvalue weighted by Gasteiger charge is -2.26. The van der Waals surface area contributed by atoms with Gasteiger partial charge in [-0.15, -0.1) is 0 Å². The monoisotopic (exact) mass is 360 g/mol. The number of carbonyl (C=O) groups excluding carboxylic acids is 1. The number of hydrogen-bond acceptors (Lipinski definition) is 4. The summed E-state index contributed by atoms with van der Waals surface area (Å²) in [5.41, 5.74) is 2.00. The highest BCUT2D eigenvalue weighted by atomic mass is 16.4. The second kappa shape index (κ2) is 8.38. The van der Waals surface area contributed by atoms with E-state index in [2.05, 4.69) is 26.6 Å². The van der Waals surface area contributed by atoms with E-state index in [9.17, 15) is 9.59 Å². The maximum absolute atomic E-state index is 12.2. The van der Waals surface area contributed by atoms with Crippen molar-refractivity contribution in [3.8, 4) is 0 Å². The predicted octanol–water partition coefficient (Wildman–Crippen LogP) is 2.43. The Morgan fingerprint density at radius 1 is 1.19 bits per heavy atom. The molecule has 0 aromatic carbocycles. The van der Waals surface area contributed by atoms with E-state index >= 15 is 0 Å². The lowest BCUT2D eigenvalue weighted by molar-refractivity contribution is -0.142. The molecule has 0 bridgehead atoms. The van der Waals surface area contributed by atoms with Gasteiger partial charge in [-0.25, -0.2) is 9.78 Å². The van der Waals surface area contributed by atoms with Crippen LogP contribution in [0.1, 0.15) is 49.8 Å². The van der Waals surface area contributed by atoms with Crippen LogP contribution in [0.15, 0.2) is 12.1 Å². The normalized spacial score (nSPS) is 22.9. The minimum Gasteiger partial charge on any atom is -0.481 e. The number of nitrogens with zero attached hydrogens (tertiary/aromatic N) is 2. The molecule has 1 aromatic rings. The fraction of sp³-hybridized carbons (Fsp3) is 0.632. The molecule has 3 N–H and O–H groups in total. The number of urea groups is 1. The fourth-order valence-electron chi connectivity index (χ4n) is 3.83. The fourth-order valence-corrected chi connectivity index (χ4v) is 3.83. The second-order valence-electron chi connectivity index (χ2n) is 7.38. The average molecular weight is 360 g/mol. The van der Waals surface area contributed by atoms with Gasteiger partial charge in [-0.3, -0.25) is 4.79 Å². The van der Waals surface area contributed by atoms with Crippen LogP contribution in [0.25, 0.3) is 0 Å². The number of aromatic nitrogens is 1. The molecule has 0 atom stereocenters. The molecule has 142 valence electrons. The Bertz CT molecular complexity index is 650. The zero-order valence-electron chi connectivity index (χ0n) is 15.3. The number of hydrogen-bond donors (Lipinski definition) is 3. The summed E-state index contributed by atoms with van der Waals surface area (Å²) in [6.07, 6.45) is 5.10. The highest BCUT2D eigenvalue weighted by molar-refractivity contribution is 5.74. The van der Waals surface area contributed by atoms with E-state index in [4.69, 9.17) is 5.11 Å². The molecule has 1 aliphatic heterocycles. The molecule has 26 heavy (non-hydrogen) atoms. The molecule has 1 aromatic heterocycles. The summed E-state index contributed by atoms with van der Waals surface area (Å²) in [7, 11) is 0. The van der Waals surface area contributed by atoms with Crippen LogP contribution in [0.4, 0.5) is 10.6 Å². The first-order valence-electron chi connectivity index (χ1n) is 9.51. The molecule has 3 rings (SSSR count). The molecule has 1 aliphatic carbocycles. The van der Waals surface area contributed by atoms with E-state index in [1.807, 2.05) is 13.0 Å². The molecule has 7 heteroatoms. The summed E-state index contributed by atoms with van der Waals surface area (Å²) in [6.45, 7) is 4.52. The Balaban J connectivity index is 1.48. The molecule has 2 aliphatic rings. The minimum atomic E-state index is -0.727. The number of rotatable bonds is 5. The highest BCUT2D eigenvalue weighted by Crippen LogP contribution is 2.24. The van der Waals surface area contributed by atoms with Gasteiger partial charge in [-0.2, -0.15) is 0 Å². The minimum absolute atomic E-state index is 0.0601. The molecule has 2 heterocycles. The maximum atomic E-state index is 12.2. The van der Waals surface area contributed by atoms with Gasteiger partial charge in [0.2, 0.25) is 0 Å². The summed E-state index contributed by atoms with van der Waals surface area (Å²) in [5, 5.41) is 14.9. The van der Waals surface area contributed by atoms with Crippen LogP contribution in [0, 0.1) is 12.8 Å². The van der Waals surface area contributed by atoms with Crippen LogP contribution in [0.2, 0.25) is 0 Å². The third-order valence-corrected chi connectivity index (χ3v) is 5.29. The van der Waals surface area contributed by atoms with E-state index in [1.165, 1.54) is 12.8 Å². The second-order valence-corrected chi connectivity index (χ2v) is 7.38. The van der Waals surface area contributed by atoms with Crippen molar-refractivity contribution in [3.63, 3.8) is 0 Å². The lowest BCUT2D eigenvalue weighted by atomic mass is 9.86. The van der Waals surface area contributed by atoms with E-state index < -0.39 is 5.97 Å². The highest BCUT2D eigenvalue weighted by Gasteiger charge is 2.26. The maximum Gasteiger partial charge on any atom is 0.315 e. The van der Waals surface area contributed by atoms with Crippen LogP contribution in [0.5, 0.6) is 0 Å². The molecule has 0 radical (unpaired) electrons. The number of pyridine rings is 1. The van der Waals surface area contributed by atoms with Crippen molar-refractivity contribution >= 4 is 17.8 Å². The van der Waals surface area contributed by atoms with Gasteiger partial charge in [0, 0.05) is 31.4 Å². The number of aliphatic carboxylic acids is 1. The van der Waals surface area contributed by atoms with Gasteiger partial charge >= 0.3 is 12.0 Å². The van der Waals surface area contributed by atoms with Gasteiger partial charge < -0.3 is 20.6 Å². The van der Waals surface area contributed by atoms with Crippen molar-refractivity contribution in [2.45, 2.75) is 58.0 Å². The van der Waals surface area contributed by atoms with Gasteiger partial charge in [0.1, 0.15) is 5.82 Å². The molecule has 1 saturated heterocycles. The van der Waals surface area contributed by atoms with Crippen LogP contribution in [0.3, 0.4) is 0 Å². The van der Waals surface area contributed by atoms with E-state index in [1.54, 1.807) is 0 Å². The van der Waals surface area contributed by atoms with Crippen molar-refractivity contribution < 1.29 is 14.7 Å². The number of carboxylic acid groups (broad SMARTS) is 1. The van der Waals surface area contributed by atoms with Crippen molar-refractivity contribution in [1.82, 2.24) is 15.6 Å². The Labute approximate surface area is 154 Å². The van der Waals surface area contributed by atoms with Gasteiger partial charge in [0.15, 0.2) is 0 Å². The molecule has 2 fully saturated rings. The topological polar surface area (TPSA) is 94.6 Å². The van der Waals surface area contributed by atoms with Crippen LogP contribution in [-0.4, -0.2) is 41.2 Å². The summed E-state index contributed by atoms with van der Waals surface area (Å²) in [6, 6.07) is 3.92. The third-order valence-electron chi connectivity index (χ3n) is 5.29. The summed E-state index contributed by atoms with van der Waals surface area (Å²) in [5.74, 6) is 0.00128. The summed E-state index contributed by atoms with van der Waals surface area (Å²) < 4.78 is 0. The zero-order chi connectivity index (χ0) is 18.5. The number of amides is 2. The van der Waals surface area contributed by atoms with Crippen molar-refractivity contribution in [1.29, 1.82) is 0 Å². The Morgan fingerprint density at radius 2 is 1.88 bits per heavy atom. The lowest BCUT2D eigenvalue weighted by Crippen LogP contribution is -2.43. The number of carbonyl (C=O) groups is 2. The number of aryl methyl sites for hydroxylation is 1. The van der Waals surface area contributed by atoms with Crippen LogP contribution in [-0.2, 0) is 11.3 Å². The molecule has 0 spiro atoms. The van der Waals surface area contributed by atoms with Gasteiger partial charge in [0.25, 0.3) is 0 Å². The first-order chi connectivity index (χ1) is 12.5. The molecular weight excluding hydrogens is 332 g/mol. The molecule has 7 nitrogen and oxygen atoms in total. The molecule has 2 amide bonds. The SMILES string of the molecule is Cc1cc(CNC(=O)NC2CCC(C(=O)O)CC2)cc(N2CCCC2)n1. The number of carboxylic acids is 1. The van der Waals surface area contributed by atoms with Gasteiger partial charge in [-0.1, -0.05) is 0 Å². The Morgan fingerprint density at radius 3 is 2.54 bits per heavy atom. The van der Waals surface area contributed by atoms with E-state index in [0.717, 1.165) is 43.0 Å². The summed E-state index contributed by atoms with van der Waals surface area (Å²) >= 11 is 0. The molecular formula is C19H28N4O3. The first kappa shape index (κ1) is 18.5. The third kappa shape index (κ3) is 4.86. The predicted molar refractivity (Wildman–Crippen MR) is 99.2 cm³/mol.